The Kier molecular flexibility index (Phi) is 7.33. The van der Waals surface area contributed by atoms with Crippen molar-refractivity contribution in [2.45, 2.75) is 44.6 Å². The van der Waals surface area contributed by atoms with Gasteiger partial charge in [0.05, 0.1) is 18.1 Å². The van der Waals surface area contributed by atoms with Crippen LogP contribution in [0.5, 0.6) is 0 Å². The van der Waals surface area contributed by atoms with Crippen molar-refractivity contribution in [3.8, 4) is 0 Å². The maximum Gasteiger partial charge on any atom is 0.340 e. The minimum absolute atomic E-state index is 0.111. The Morgan fingerprint density at radius 2 is 1.92 bits per heavy atom. The van der Waals surface area contributed by atoms with Gasteiger partial charge in [0.1, 0.15) is 0 Å². The van der Waals surface area contributed by atoms with Crippen LogP contribution in [-0.4, -0.2) is 42.9 Å². The molecule has 1 fully saturated rings. The van der Waals surface area contributed by atoms with E-state index in [0.29, 0.717) is 32.8 Å². The number of rotatable bonds is 12. The van der Waals surface area contributed by atoms with Crippen molar-refractivity contribution in [3.05, 3.63) is 39.9 Å². The Hall–Kier alpha value is -1.99. The zero-order valence-corrected chi connectivity index (χ0v) is 14.6. The molecule has 0 spiro atoms. The van der Waals surface area contributed by atoms with E-state index in [1.54, 1.807) is 19.1 Å². The fourth-order valence-corrected chi connectivity index (χ4v) is 2.59. The quantitative estimate of drug-likeness (QED) is 0.189. The summed E-state index contributed by atoms with van der Waals surface area (Å²) in [5.41, 5.74) is 0.489. The minimum atomic E-state index is -0.689. The summed E-state index contributed by atoms with van der Waals surface area (Å²) >= 11 is 0. The van der Waals surface area contributed by atoms with E-state index >= 15 is 0 Å². The largest absolute Gasteiger partial charge is 0.464 e. The third kappa shape index (κ3) is 6.10. The van der Waals surface area contributed by atoms with E-state index in [9.17, 15) is 14.9 Å². The number of hydrogen-bond donors (Lipinski definition) is 0. The third-order valence-electron chi connectivity index (χ3n) is 4.16. The lowest BCUT2D eigenvalue weighted by Crippen LogP contribution is -2.27. The molecule has 0 amide bonds. The molecular formula is C18H25NO6. The fourth-order valence-electron chi connectivity index (χ4n) is 2.59. The Labute approximate surface area is 147 Å². The Morgan fingerprint density at radius 3 is 2.52 bits per heavy atom. The number of nitro benzene ring substituents is 1. The van der Waals surface area contributed by atoms with Gasteiger partial charge < -0.3 is 14.2 Å². The molecule has 1 saturated heterocycles. The molecule has 25 heavy (non-hydrogen) atoms. The van der Waals surface area contributed by atoms with Crippen molar-refractivity contribution in [2.24, 2.45) is 0 Å². The van der Waals surface area contributed by atoms with Gasteiger partial charge in [0.2, 0.25) is 0 Å². The van der Waals surface area contributed by atoms with Gasteiger partial charge in [-0.2, -0.15) is 0 Å². The first-order valence-electron chi connectivity index (χ1n) is 8.69. The fraction of sp³-hybridized carbons (Fsp3) is 0.611. The van der Waals surface area contributed by atoms with Crippen LogP contribution in [0.15, 0.2) is 24.3 Å². The smallest absolute Gasteiger partial charge is 0.340 e. The topological polar surface area (TPSA) is 91.2 Å². The van der Waals surface area contributed by atoms with Crippen LogP contribution in [0.4, 0.5) is 5.69 Å². The summed E-state index contributed by atoms with van der Waals surface area (Å²) < 4.78 is 15.9. The second kappa shape index (κ2) is 9.48. The first kappa shape index (κ1) is 19.3. The second-order valence-corrected chi connectivity index (χ2v) is 6.10. The molecule has 0 bridgehead atoms. The van der Waals surface area contributed by atoms with Crippen LogP contribution in [0, 0.1) is 10.1 Å². The van der Waals surface area contributed by atoms with Crippen LogP contribution in [0.25, 0.3) is 0 Å². The van der Waals surface area contributed by atoms with E-state index in [2.05, 4.69) is 0 Å². The number of benzene rings is 1. The van der Waals surface area contributed by atoms with E-state index in [4.69, 9.17) is 14.2 Å². The molecule has 138 valence electrons. The van der Waals surface area contributed by atoms with E-state index in [1.165, 1.54) is 12.1 Å². The molecule has 1 heterocycles. The number of nitro groups is 1. The van der Waals surface area contributed by atoms with Crippen LogP contribution in [-0.2, 0) is 25.4 Å². The molecule has 1 aliphatic rings. The second-order valence-electron chi connectivity index (χ2n) is 6.10. The van der Waals surface area contributed by atoms with E-state index in [-0.39, 0.29) is 11.7 Å². The lowest BCUT2D eigenvalue weighted by atomic mass is 10.0. The molecule has 7 heteroatoms. The van der Waals surface area contributed by atoms with Gasteiger partial charge in [-0.1, -0.05) is 12.1 Å². The molecule has 2 rings (SSSR count). The predicted octanol–water partition coefficient (Wildman–Crippen LogP) is 3.05. The van der Waals surface area contributed by atoms with Gasteiger partial charge in [0, 0.05) is 25.3 Å². The third-order valence-corrected chi connectivity index (χ3v) is 4.16. The van der Waals surface area contributed by atoms with Crippen molar-refractivity contribution in [2.75, 3.05) is 26.4 Å². The summed E-state index contributed by atoms with van der Waals surface area (Å²) in [6, 6.07) is 6.61. The molecule has 1 aromatic carbocycles. The molecule has 1 aromatic rings. The number of carbonyl (C=O) groups is 1. The number of esters is 1. The molecule has 7 nitrogen and oxygen atoms in total. The number of non-ortho nitro benzene ring substituents is 1. The Balaban J connectivity index is 1.50. The van der Waals surface area contributed by atoms with Crippen LogP contribution in [0.2, 0.25) is 0 Å². The highest BCUT2D eigenvalue weighted by Gasteiger charge is 2.52. The van der Waals surface area contributed by atoms with Gasteiger partial charge in [-0.15, -0.1) is 0 Å². The molecule has 1 atom stereocenters. The van der Waals surface area contributed by atoms with Gasteiger partial charge in [0.25, 0.3) is 5.69 Å². The molecule has 0 radical (unpaired) electrons. The lowest BCUT2D eigenvalue weighted by molar-refractivity contribution is -0.384. The first-order valence-corrected chi connectivity index (χ1v) is 8.69. The molecule has 0 aromatic heterocycles. The molecular weight excluding hydrogens is 326 g/mol. The number of aryl methyl sites for hydroxylation is 1. The summed E-state index contributed by atoms with van der Waals surface area (Å²) in [5, 5.41) is 10.6. The minimum Gasteiger partial charge on any atom is -0.464 e. The van der Waals surface area contributed by atoms with Crippen LogP contribution < -0.4 is 0 Å². The number of epoxide rings is 1. The molecule has 1 unspecified atom stereocenters. The summed E-state index contributed by atoms with van der Waals surface area (Å²) in [5.74, 6) is -0.251. The molecule has 0 saturated carbocycles. The van der Waals surface area contributed by atoms with Crippen LogP contribution in [0.3, 0.4) is 0 Å². The van der Waals surface area contributed by atoms with Crippen molar-refractivity contribution < 1.29 is 23.9 Å². The predicted molar refractivity (Wildman–Crippen MR) is 91.4 cm³/mol. The normalized spacial score (nSPS) is 18.8. The highest BCUT2D eigenvalue weighted by atomic mass is 16.6. The van der Waals surface area contributed by atoms with Crippen LogP contribution >= 0.6 is 0 Å². The molecule has 0 aliphatic carbocycles. The summed E-state index contributed by atoms with van der Waals surface area (Å²) in [6.07, 6.45) is 4.12. The van der Waals surface area contributed by atoms with E-state index < -0.39 is 10.5 Å². The van der Waals surface area contributed by atoms with Crippen LogP contribution in [0.1, 0.15) is 38.2 Å². The Bertz CT molecular complexity index is 567. The lowest BCUT2D eigenvalue weighted by Gasteiger charge is -2.10. The van der Waals surface area contributed by atoms with Crippen molar-refractivity contribution in [3.63, 3.8) is 0 Å². The average Bonchev–Trinajstić information content (AvgIpc) is 3.39. The van der Waals surface area contributed by atoms with Gasteiger partial charge in [-0.05, 0) is 44.6 Å². The van der Waals surface area contributed by atoms with E-state index in [1.807, 2.05) is 0 Å². The standard InChI is InChI=1S/C18H25NO6/c1-2-24-17(20)18(14-25-18)11-3-4-12-23-13-5-6-15-7-9-16(10-8-15)19(21)22/h7-10H,2-6,11-14H2,1H3. The molecule has 0 N–H and O–H groups in total. The van der Waals surface area contributed by atoms with Gasteiger partial charge in [-0.3, -0.25) is 10.1 Å². The highest BCUT2D eigenvalue weighted by molar-refractivity contribution is 5.82. The zero-order valence-electron chi connectivity index (χ0n) is 14.6. The van der Waals surface area contributed by atoms with Crippen molar-refractivity contribution in [1.82, 2.24) is 0 Å². The molecule has 1 aliphatic heterocycles. The summed E-state index contributed by atoms with van der Waals surface area (Å²) in [7, 11) is 0. The monoisotopic (exact) mass is 351 g/mol. The van der Waals surface area contributed by atoms with Crippen molar-refractivity contribution >= 4 is 11.7 Å². The Morgan fingerprint density at radius 1 is 1.24 bits per heavy atom. The van der Waals surface area contributed by atoms with E-state index in [0.717, 1.165) is 31.2 Å². The number of unbranched alkanes of at least 4 members (excludes halogenated alkanes) is 1. The number of ether oxygens (including phenoxy) is 3. The number of carbonyl (C=O) groups excluding carboxylic acids is 1. The average molecular weight is 351 g/mol. The number of nitrogens with zero attached hydrogens (tertiary/aromatic N) is 1. The summed E-state index contributed by atoms with van der Waals surface area (Å²) in [6.45, 7) is 3.93. The maximum atomic E-state index is 11.7. The maximum absolute atomic E-state index is 11.7. The highest BCUT2D eigenvalue weighted by Crippen LogP contribution is 2.34. The number of hydrogen-bond acceptors (Lipinski definition) is 6. The van der Waals surface area contributed by atoms with Gasteiger partial charge in [0.15, 0.2) is 5.60 Å². The van der Waals surface area contributed by atoms with Crippen molar-refractivity contribution in [1.29, 1.82) is 0 Å². The van der Waals surface area contributed by atoms with Gasteiger partial charge in [-0.25, -0.2) is 4.79 Å². The van der Waals surface area contributed by atoms with Gasteiger partial charge >= 0.3 is 5.97 Å². The SMILES string of the molecule is CCOC(=O)C1(CCCCOCCCc2ccc([N+](=O)[O-])cc2)CO1. The zero-order chi connectivity index (χ0) is 18.1. The first-order chi connectivity index (χ1) is 12.1. The summed E-state index contributed by atoms with van der Waals surface area (Å²) in [4.78, 5) is 21.9.